The average Bonchev–Trinajstić information content (AvgIpc) is 3.13. The van der Waals surface area contributed by atoms with Crippen molar-refractivity contribution < 1.29 is 9.59 Å². The van der Waals surface area contributed by atoms with Gasteiger partial charge < -0.3 is 9.80 Å². The van der Waals surface area contributed by atoms with E-state index in [1.807, 2.05) is 36.1 Å². The number of rotatable bonds is 3. The Morgan fingerprint density at radius 2 is 1.70 bits per heavy atom. The van der Waals surface area contributed by atoms with Gasteiger partial charge in [0, 0.05) is 37.7 Å². The first-order chi connectivity index (χ1) is 13.2. The Hall–Kier alpha value is -1.88. The van der Waals surface area contributed by atoms with Gasteiger partial charge in [-0.2, -0.15) is 0 Å². The smallest absolute Gasteiger partial charge is 0.246 e. The van der Waals surface area contributed by atoms with Gasteiger partial charge in [0.25, 0.3) is 0 Å². The first-order valence-corrected chi connectivity index (χ1v) is 10.6. The van der Waals surface area contributed by atoms with Crippen molar-refractivity contribution in [2.75, 3.05) is 31.1 Å². The van der Waals surface area contributed by atoms with E-state index in [4.69, 9.17) is 0 Å². The molecule has 2 fully saturated rings. The topological polar surface area (TPSA) is 43.9 Å². The first-order valence-electron chi connectivity index (χ1n) is 10.6. The number of benzene rings is 1. The van der Waals surface area contributed by atoms with Gasteiger partial charge in [-0.3, -0.25) is 14.5 Å². The summed E-state index contributed by atoms with van der Waals surface area (Å²) in [5.74, 6) is 0.173. The Morgan fingerprint density at radius 3 is 2.41 bits per heavy atom. The summed E-state index contributed by atoms with van der Waals surface area (Å²) >= 11 is 0. The van der Waals surface area contributed by atoms with Crippen molar-refractivity contribution in [1.82, 2.24) is 9.80 Å². The highest BCUT2D eigenvalue weighted by Crippen LogP contribution is 2.34. The second-order valence-electron chi connectivity index (χ2n) is 8.12. The third-order valence-electron chi connectivity index (χ3n) is 6.52. The van der Waals surface area contributed by atoms with Crippen LogP contribution in [0.5, 0.6) is 0 Å². The van der Waals surface area contributed by atoms with E-state index >= 15 is 0 Å². The summed E-state index contributed by atoms with van der Waals surface area (Å²) in [4.78, 5) is 32.3. The molecule has 0 aromatic heterocycles. The molecule has 0 saturated carbocycles. The summed E-state index contributed by atoms with van der Waals surface area (Å²) in [5, 5.41) is 0. The van der Waals surface area contributed by atoms with Crippen molar-refractivity contribution >= 4 is 17.5 Å². The van der Waals surface area contributed by atoms with Gasteiger partial charge in [-0.1, -0.05) is 31.5 Å². The number of para-hydroxylation sites is 1. The number of nitrogens with zero attached hydrogens (tertiary/aromatic N) is 3. The van der Waals surface area contributed by atoms with E-state index < -0.39 is 0 Å². The highest BCUT2D eigenvalue weighted by atomic mass is 16.2. The number of amides is 2. The molecule has 1 atom stereocenters. The lowest BCUT2D eigenvalue weighted by Gasteiger charge is -2.41. The molecule has 0 aliphatic carbocycles. The van der Waals surface area contributed by atoms with Gasteiger partial charge in [0.05, 0.1) is 0 Å². The molecule has 0 unspecified atom stereocenters. The second-order valence-corrected chi connectivity index (χ2v) is 8.12. The quantitative estimate of drug-likeness (QED) is 0.823. The Kier molecular flexibility index (Phi) is 5.48. The van der Waals surface area contributed by atoms with Gasteiger partial charge in [-0.05, 0) is 50.4 Å². The molecule has 2 saturated heterocycles. The van der Waals surface area contributed by atoms with Crippen molar-refractivity contribution in [3.05, 3.63) is 29.8 Å². The number of carbonyl (C=O) groups is 2. The first kappa shape index (κ1) is 18.5. The third-order valence-corrected chi connectivity index (χ3v) is 6.52. The number of hydrogen-bond donors (Lipinski definition) is 0. The number of likely N-dealkylation sites (tertiary alicyclic amines) is 2. The summed E-state index contributed by atoms with van der Waals surface area (Å²) in [6.07, 6.45) is 7.18. The van der Waals surface area contributed by atoms with Crippen LogP contribution >= 0.6 is 0 Å². The molecule has 3 heterocycles. The van der Waals surface area contributed by atoms with Crippen molar-refractivity contribution in [2.24, 2.45) is 0 Å². The lowest BCUT2D eigenvalue weighted by atomic mass is 9.99. The number of anilines is 1. The normalized spacial score (nSPS) is 24.1. The van der Waals surface area contributed by atoms with Crippen molar-refractivity contribution in [2.45, 2.75) is 64.0 Å². The lowest BCUT2D eigenvalue weighted by Crippen LogP contribution is -2.54. The maximum Gasteiger partial charge on any atom is 0.246 e. The molecular weight excluding hydrogens is 338 g/mol. The Labute approximate surface area is 162 Å². The van der Waals surface area contributed by atoms with Crippen LogP contribution in [0.1, 0.15) is 51.0 Å². The molecule has 2 amide bonds. The summed E-state index contributed by atoms with van der Waals surface area (Å²) in [6.45, 7) is 5.95. The number of fused-ring (bicyclic) bond motifs is 1. The zero-order valence-electron chi connectivity index (χ0n) is 16.4. The lowest BCUT2D eigenvalue weighted by molar-refractivity contribution is -0.135. The van der Waals surface area contributed by atoms with Crippen LogP contribution in [0, 0.1) is 0 Å². The van der Waals surface area contributed by atoms with Crippen LogP contribution in [-0.2, 0) is 16.0 Å². The van der Waals surface area contributed by atoms with E-state index in [2.05, 4.69) is 4.90 Å². The van der Waals surface area contributed by atoms with Crippen LogP contribution < -0.4 is 4.90 Å². The predicted octanol–water partition coefficient (Wildman–Crippen LogP) is 2.83. The van der Waals surface area contributed by atoms with Crippen LogP contribution in [0.15, 0.2) is 24.3 Å². The van der Waals surface area contributed by atoms with Crippen LogP contribution in [0.3, 0.4) is 0 Å². The molecule has 27 heavy (non-hydrogen) atoms. The number of carbonyl (C=O) groups excluding carboxylic acids is 2. The van der Waals surface area contributed by atoms with Crippen molar-refractivity contribution in [3.63, 3.8) is 0 Å². The summed E-state index contributed by atoms with van der Waals surface area (Å²) in [7, 11) is 0. The van der Waals surface area contributed by atoms with Gasteiger partial charge >= 0.3 is 0 Å². The van der Waals surface area contributed by atoms with Gasteiger partial charge in [0.1, 0.15) is 6.04 Å². The molecule has 0 spiro atoms. The Bertz CT molecular complexity index is 691. The fourth-order valence-corrected chi connectivity index (χ4v) is 5.01. The van der Waals surface area contributed by atoms with E-state index in [-0.39, 0.29) is 17.9 Å². The van der Waals surface area contributed by atoms with Crippen LogP contribution in [0.25, 0.3) is 0 Å². The minimum atomic E-state index is -0.360. The van der Waals surface area contributed by atoms with E-state index in [0.717, 1.165) is 37.2 Å². The van der Waals surface area contributed by atoms with Gasteiger partial charge in [0.15, 0.2) is 0 Å². The highest BCUT2D eigenvalue weighted by Gasteiger charge is 2.40. The third kappa shape index (κ3) is 3.62. The molecule has 0 N–H and O–H groups in total. The maximum absolute atomic E-state index is 13.3. The zero-order chi connectivity index (χ0) is 18.8. The van der Waals surface area contributed by atoms with Crippen LogP contribution in [-0.4, -0.2) is 59.9 Å². The molecular formula is C22H31N3O2. The molecule has 0 bridgehead atoms. The fourth-order valence-electron chi connectivity index (χ4n) is 5.01. The molecule has 3 aliphatic heterocycles. The zero-order valence-corrected chi connectivity index (χ0v) is 16.4. The minimum Gasteiger partial charge on any atom is -0.341 e. The standard InChI is InChI=1S/C22H31N3O2/c1-2-21(26)25-19-9-5-4-8-17(19)16-20(25)22(27)24-14-10-18(11-15-24)23-12-6-3-7-13-23/h4-5,8-9,18,20H,2-3,6-7,10-16H2,1H3/t20-/m0/s1. The molecule has 1 aromatic carbocycles. The van der Waals surface area contributed by atoms with Gasteiger partial charge in [-0.15, -0.1) is 0 Å². The van der Waals surface area contributed by atoms with Crippen molar-refractivity contribution in [1.29, 1.82) is 0 Å². The maximum atomic E-state index is 13.3. The van der Waals surface area contributed by atoms with E-state index in [1.54, 1.807) is 4.90 Å². The average molecular weight is 370 g/mol. The van der Waals surface area contributed by atoms with Crippen molar-refractivity contribution in [3.8, 4) is 0 Å². The van der Waals surface area contributed by atoms with E-state index in [1.165, 1.54) is 32.4 Å². The number of hydrogen-bond acceptors (Lipinski definition) is 3. The molecule has 0 radical (unpaired) electrons. The molecule has 5 nitrogen and oxygen atoms in total. The molecule has 3 aliphatic rings. The Balaban J connectivity index is 1.43. The highest BCUT2D eigenvalue weighted by molar-refractivity contribution is 6.03. The Morgan fingerprint density at radius 1 is 1.00 bits per heavy atom. The molecule has 5 heteroatoms. The SMILES string of the molecule is CCC(=O)N1c2ccccc2C[C@H]1C(=O)N1CCC(N2CCCCC2)CC1. The fraction of sp³-hybridized carbons (Fsp3) is 0.636. The van der Waals surface area contributed by atoms with Crippen LogP contribution in [0.4, 0.5) is 5.69 Å². The molecule has 146 valence electrons. The van der Waals surface area contributed by atoms with Gasteiger partial charge in [0.2, 0.25) is 11.8 Å². The largest absolute Gasteiger partial charge is 0.341 e. The monoisotopic (exact) mass is 369 g/mol. The molecule has 1 aromatic rings. The summed E-state index contributed by atoms with van der Waals surface area (Å²) in [5.41, 5.74) is 2.03. The molecule has 4 rings (SSSR count). The van der Waals surface area contributed by atoms with Crippen LogP contribution in [0.2, 0.25) is 0 Å². The predicted molar refractivity (Wildman–Crippen MR) is 107 cm³/mol. The summed E-state index contributed by atoms with van der Waals surface area (Å²) < 4.78 is 0. The second kappa shape index (κ2) is 8.01. The minimum absolute atomic E-state index is 0.0431. The van der Waals surface area contributed by atoms with E-state index in [0.29, 0.717) is 18.9 Å². The number of piperidine rings is 2. The van der Waals surface area contributed by atoms with E-state index in [9.17, 15) is 9.59 Å². The van der Waals surface area contributed by atoms with Gasteiger partial charge in [-0.25, -0.2) is 0 Å². The summed E-state index contributed by atoms with van der Waals surface area (Å²) in [6, 6.07) is 8.22.